The number of hydrogen-bond acceptors (Lipinski definition) is 0. The fraction of sp³-hybridized carbons (Fsp3) is 0.857. The highest BCUT2D eigenvalue weighted by Crippen LogP contribution is 2.19. The lowest BCUT2D eigenvalue weighted by atomic mass is 10.1. The molecule has 0 heterocycles. The van der Waals surface area contributed by atoms with Gasteiger partial charge in [0, 0.05) is 0 Å². The van der Waals surface area contributed by atoms with Crippen LogP contribution in [0.3, 0.4) is 0 Å². The van der Waals surface area contributed by atoms with E-state index in [0.29, 0.717) is 4.49 Å². The normalized spacial score (nSPS) is 10.5. The Labute approximate surface area is 111 Å². The first-order valence-electron chi connectivity index (χ1n) is 6.69. The first-order chi connectivity index (χ1) is 7.68. The van der Waals surface area contributed by atoms with E-state index in [1.165, 1.54) is 57.8 Å². The van der Waals surface area contributed by atoms with Crippen LogP contribution in [0.5, 0.6) is 0 Å². The highest BCUT2D eigenvalue weighted by atomic mass is 35.5. The van der Waals surface area contributed by atoms with Gasteiger partial charge in [0.05, 0.1) is 0 Å². The van der Waals surface area contributed by atoms with Crippen molar-refractivity contribution in [2.24, 2.45) is 0 Å². The van der Waals surface area contributed by atoms with E-state index in [0.717, 1.165) is 12.0 Å². The van der Waals surface area contributed by atoms with Crippen LogP contribution in [0.15, 0.2) is 10.1 Å². The zero-order chi connectivity index (χ0) is 12.2. The van der Waals surface area contributed by atoms with Crippen LogP contribution in [0.2, 0.25) is 0 Å². The zero-order valence-electron chi connectivity index (χ0n) is 10.8. The standard InChI is InChI=1S/C14H26Cl2/c1-3-4-5-6-7-8-9-10-11-12-13(2)14(15)16/h3-12H2,1-2H3. The van der Waals surface area contributed by atoms with Gasteiger partial charge < -0.3 is 0 Å². The summed E-state index contributed by atoms with van der Waals surface area (Å²) in [5.74, 6) is 0. The Bertz CT molecular complexity index is 181. The second-order valence-corrected chi connectivity index (χ2v) is 5.57. The van der Waals surface area contributed by atoms with Gasteiger partial charge in [-0.1, -0.05) is 81.5 Å². The minimum absolute atomic E-state index is 0.458. The van der Waals surface area contributed by atoms with E-state index in [-0.39, 0.29) is 0 Å². The van der Waals surface area contributed by atoms with Gasteiger partial charge in [0.15, 0.2) is 0 Å². The van der Waals surface area contributed by atoms with Crippen molar-refractivity contribution in [3.63, 3.8) is 0 Å². The summed E-state index contributed by atoms with van der Waals surface area (Å²) in [6.07, 6.45) is 13.3. The van der Waals surface area contributed by atoms with Gasteiger partial charge in [0.1, 0.15) is 4.49 Å². The Kier molecular flexibility index (Phi) is 12.0. The maximum absolute atomic E-state index is 5.68. The predicted molar refractivity (Wildman–Crippen MR) is 76.3 cm³/mol. The molecule has 16 heavy (non-hydrogen) atoms. The molecule has 0 spiro atoms. The molecular weight excluding hydrogens is 239 g/mol. The summed E-state index contributed by atoms with van der Waals surface area (Å²) in [6, 6.07) is 0. The van der Waals surface area contributed by atoms with Crippen LogP contribution in [-0.2, 0) is 0 Å². The van der Waals surface area contributed by atoms with Crippen molar-refractivity contribution in [1.82, 2.24) is 0 Å². The summed E-state index contributed by atoms with van der Waals surface area (Å²) in [6.45, 7) is 4.28. The summed E-state index contributed by atoms with van der Waals surface area (Å²) >= 11 is 11.4. The summed E-state index contributed by atoms with van der Waals surface area (Å²) in [5.41, 5.74) is 1.13. The molecule has 0 saturated heterocycles. The number of hydrogen-bond donors (Lipinski definition) is 0. The van der Waals surface area contributed by atoms with Gasteiger partial charge in [-0.15, -0.1) is 0 Å². The van der Waals surface area contributed by atoms with Crippen LogP contribution >= 0.6 is 23.2 Å². The molecule has 0 radical (unpaired) electrons. The number of halogens is 2. The van der Waals surface area contributed by atoms with Gasteiger partial charge in [-0.05, 0) is 25.3 Å². The molecule has 0 amide bonds. The Morgan fingerprint density at radius 2 is 1.19 bits per heavy atom. The van der Waals surface area contributed by atoms with Crippen LogP contribution in [0.25, 0.3) is 0 Å². The van der Waals surface area contributed by atoms with Crippen molar-refractivity contribution in [1.29, 1.82) is 0 Å². The molecule has 0 aliphatic rings. The topological polar surface area (TPSA) is 0 Å². The molecule has 0 fully saturated rings. The second kappa shape index (κ2) is 11.8. The van der Waals surface area contributed by atoms with Gasteiger partial charge in [-0.3, -0.25) is 0 Å². The minimum Gasteiger partial charge on any atom is -0.0710 e. The molecule has 0 bridgehead atoms. The highest BCUT2D eigenvalue weighted by Gasteiger charge is 1.96. The fourth-order valence-corrected chi connectivity index (χ4v) is 1.98. The van der Waals surface area contributed by atoms with Crippen molar-refractivity contribution < 1.29 is 0 Å². The van der Waals surface area contributed by atoms with E-state index in [9.17, 15) is 0 Å². The molecule has 0 aromatic rings. The largest absolute Gasteiger partial charge is 0.105 e. The van der Waals surface area contributed by atoms with Crippen molar-refractivity contribution in [3.8, 4) is 0 Å². The van der Waals surface area contributed by atoms with E-state index in [4.69, 9.17) is 23.2 Å². The summed E-state index contributed by atoms with van der Waals surface area (Å²) in [7, 11) is 0. The molecule has 0 aromatic heterocycles. The van der Waals surface area contributed by atoms with Gasteiger partial charge in [0.25, 0.3) is 0 Å². The number of rotatable bonds is 10. The monoisotopic (exact) mass is 264 g/mol. The minimum atomic E-state index is 0.458. The molecule has 0 aromatic carbocycles. The molecule has 0 nitrogen and oxygen atoms in total. The maximum Gasteiger partial charge on any atom is 0.105 e. The van der Waals surface area contributed by atoms with Crippen molar-refractivity contribution in [3.05, 3.63) is 10.1 Å². The van der Waals surface area contributed by atoms with Gasteiger partial charge in [-0.25, -0.2) is 0 Å². The molecule has 0 rings (SSSR count). The van der Waals surface area contributed by atoms with E-state index in [1.54, 1.807) is 0 Å². The van der Waals surface area contributed by atoms with Crippen LogP contribution < -0.4 is 0 Å². The third-order valence-corrected chi connectivity index (χ3v) is 3.62. The lowest BCUT2D eigenvalue weighted by Gasteiger charge is -2.03. The molecule has 0 aliphatic heterocycles. The van der Waals surface area contributed by atoms with E-state index in [1.807, 2.05) is 6.92 Å². The fourth-order valence-electron chi connectivity index (χ4n) is 1.80. The molecule has 0 saturated carbocycles. The second-order valence-electron chi connectivity index (χ2n) is 4.62. The van der Waals surface area contributed by atoms with Gasteiger partial charge >= 0.3 is 0 Å². The van der Waals surface area contributed by atoms with Crippen LogP contribution in [0.1, 0.15) is 78.1 Å². The van der Waals surface area contributed by atoms with E-state index < -0.39 is 0 Å². The molecule has 0 unspecified atom stereocenters. The smallest absolute Gasteiger partial charge is 0.0710 e. The lowest BCUT2D eigenvalue weighted by Crippen LogP contribution is -1.83. The van der Waals surface area contributed by atoms with E-state index >= 15 is 0 Å². The third-order valence-electron chi connectivity index (χ3n) is 2.98. The Balaban J connectivity index is 3.13. The Morgan fingerprint density at radius 1 is 0.750 bits per heavy atom. The molecule has 0 aliphatic carbocycles. The van der Waals surface area contributed by atoms with Crippen LogP contribution in [-0.4, -0.2) is 0 Å². The Hall–Kier alpha value is 0.320. The average Bonchev–Trinajstić information content (AvgIpc) is 2.26. The molecule has 96 valence electrons. The summed E-state index contributed by atoms with van der Waals surface area (Å²) in [5, 5.41) is 0. The van der Waals surface area contributed by atoms with Gasteiger partial charge in [0.2, 0.25) is 0 Å². The predicted octanol–water partition coefficient (Wildman–Crippen LogP) is 6.62. The lowest BCUT2D eigenvalue weighted by molar-refractivity contribution is 0.564. The SMILES string of the molecule is CCCCCCCCCCCC(C)=C(Cl)Cl. The first-order valence-corrected chi connectivity index (χ1v) is 7.44. The molecular formula is C14H26Cl2. The maximum atomic E-state index is 5.68. The number of allylic oxidation sites excluding steroid dienone is 1. The van der Waals surface area contributed by atoms with E-state index in [2.05, 4.69) is 6.92 Å². The molecule has 0 atom stereocenters. The van der Waals surface area contributed by atoms with Gasteiger partial charge in [-0.2, -0.15) is 0 Å². The quantitative estimate of drug-likeness (QED) is 0.389. The molecule has 0 N–H and O–H groups in total. The highest BCUT2D eigenvalue weighted by molar-refractivity contribution is 6.56. The third kappa shape index (κ3) is 10.8. The average molecular weight is 265 g/mol. The summed E-state index contributed by atoms with van der Waals surface area (Å²) < 4.78 is 0.458. The van der Waals surface area contributed by atoms with Crippen LogP contribution in [0, 0.1) is 0 Å². The van der Waals surface area contributed by atoms with Crippen molar-refractivity contribution in [2.75, 3.05) is 0 Å². The van der Waals surface area contributed by atoms with Crippen molar-refractivity contribution in [2.45, 2.75) is 78.1 Å². The van der Waals surface area contributed by atoms with Crippen LogP contribution in [0.4, 0.5) is 0 Å². The first kappa shape index (κ1) is 16.3. The molecule has 2 heteroatoms. The zero-order valence-corrected chi connectivity index (χ0v) is 12.3. The Morgan fingerprint density at radius 3 is 1.62 bits per heavy atom. The van der Waals surface area contributed by atoms with Crippen molar-refractivity contribution >= 4 is 23.2 Å². The summed E-state index contributed by atoms with van der Waals surface area (Å²) in [4.78, 5) is 0. The number of unbranched alkanes of at least 4 members (excludes halogenated alkanes) is 8.